The third-order valence-electron chi connectivity index (χ3n) is 3.61. The topological polar surface area (TPSA) is 116 Å². The molecule has 136 valence electrons. The van der Waals surface area contributed by atoms with E-state index in [-0.39, 0.29) is 17.1 Å². The van der Waals surface area contributed by atoms with Crippen LogP contribution in [0, 0.1) is 22.9 Å². The van der Waals surface area contributed by atoms with Crippen LogP contribution in [0.15, 0.2) is 40.8 Å². The average Bonchev–Trinajstić information content (AvgIpc) is 3.32. The Bertz CT molecular complexity index is 1190. The van der Waals surface area contributed by atoms with Crippen LogP contribution in [0.5, 0.6) is 0 Å². The Hall–Kier alpha value is -3.60. The van der Waals surface area contributed by atoms with E-state index in [1.54, 1.807) is 25.1 Å². The van der Waals surface area contributed by atoms with E-state index in [0.29, 0.717) is 15.5 Å². The molecule has 0 atom stereocenters. The molecule has 27 heavy (non-hydrogen) atoms. The number of carbonyl (C=O) groups is 1. The molecule has 4 rings (SSSR count). The molecule has 0 fully saturated rings. The number of thiazole rings is 1. The third kappa shape index (κ3) is 3.04. The third-order valence-corrected chi connectivity index (χ3v) is 4.60. The second-order valence-electron chi connectivity index (χ2n) is 5.51. The number of nitro groups is 1. The second-order valence-corrected chi connectivity index (χ2v) is 6.52. The smallest absolute Gasteiger partial charge is 0.395 e. The van der Waals surface area contributed by atoms with Gasteiger partial charge in [-0.3, -0.25) is 14.9 Å². The van der Waals surface area contributed by atoms with Crippen LogP contribution in [-0.4, -0.2) is 25.6 Å². The number of nitrogens with one attached hydrogen (secondary N) is 1. The van der Waals surface area contributed by atoms with Gasteiger partial charge in [0.15, 0.2) is 5.76 Å². The van der Waals surface area contributed by atoms with Crippen LogP contribution in [0.2, 0.25) is 0 Å². The zero-order valence-electron chi connectivity index (χ0n) is 13.7. The van der Waals surface area contributed by atoms with Gasteiger partial charge in [0.2, 0.25) is 5.13 Å². The fourth-order valence-electron chi connectivity index (χ4n) is 2.45. The molecule has 3 aromatic heterocycles. The maximum atomic E-state index is 13.9. The van der Waals surface area contributed by atoms with Gasteiger partial charge in [0, 0.05) is 6.07 Å². The van der Waals surface area contributed by atoms with Crippen LogP contribution in [0.25, 0.3) is 15.3 Å². The van der Waals surface area contributed by atoms with Gasteiger partial charge in [-0.05, 0) is 25.1 Å². The molecule has 0 bridgehead atoms. The number of carbonyl (C=O) groups excluding carboxylic acids is 1. The maximum absolute atomic E-state index is 13.9. The number of nitrogens with zero attached hydrogens (tertiary/aromatic N) is 4. The number of benzene rings is 1. The van der Waals surface area contributed by atoms with Crippen LogP contribution in [-0.2, 0) is 0 Å². The standard InChI is InChI=1S/C16H10FN5O4S/c1-8-7-12(18-15(23)10-5-6-13(26-10)22(24)25)21(20-8)16-19-14-9(17)3-2-4-11(14)27-16/h2-7H,1H3,(H,18,23). The lowest BCUT2D eigenvalue weighted by Gasteiger charge is -2.04. The molecule has 0 saturated carbocycles. The first-order valence-corrected chi connectivity index (χ1v) is 8.41. The zero-order valence-corrected chi connectivity index (χ0v) is 14.5. The van der Waals surface area contributed by atoms with E-state index < -0.39 is 22.5 Å². The van der Waals surface area contributed by atoms with Gasteiger partial charge in [0.25, 0.3) is 5.91 Å². The van der Waals surface area contributed by atoms with Gasteiger partial charge in [-0.2, -0.15) is 9.78 Å². The Morgan fingerprint density at radius 1 is 1.37 bits per heavy atom. The molecular weight excluding hydrogens is 377 g/mol. The maximum Gasteiger partial charge on any atom is 0.433 e. The lowest BCUT2D eigenvalue weighted by Crippen LogP contribution is -2.14. The van der Waals surface area contributed by atoms with E-state index in [0.717, 1.165) is 6.07 Å². The molecule has 1 amide bonds. The summed E-state index contributed by atoms with van der Waals surface area (Å²) in [5.41, 5.74) is 0.806. The molecule has 0 unspecified atom stereocenters. The molecule has 9 nitrogen and oxygen atoms in total. The highest BCUT2D eigenvalue weighted by Gasteiger charge is 2.20. The number of hydrogen-bond donors (Lipinski definition) is 1. The van der Waals surface area contributed by atoms with Crippen LogP contribution in [0.4, 0.5) is 16.1 Å². The van der Waals surface area contributed by atoms with Crippen molar-refractivity contribution >= 4 is 39.2 Å². The molecule has 0 spiro atoms. The Labute approximate surface area is 154 Å². The Kier molecular flexibility index (Phi) is 3.92. The summed E-state index contributed by atoms with van der Waals surface area (Å²) in [4.78, 5) is 26.5. The summed E-state index contributed by atoms with van der Waals surface area (Å²) in [7, 11) is 0. The lowest BCUT2D eigenvalue weighted by atomic mass is 10.3. The number of para-hydroxylation sites is 1. The Balaban J connectivity index is 1.68. The average molecular weight is 387 g/mol. The highest BCUT2D eigenvalue weighted by Crippen LogP contribution is 2.29. The fraction of sp³-hybridized carbons (Fsp3) is 0.0625. The van der Waals surface area contributed by atoms with E-state index in [1.807, 2.05) is 0 Å². The van der Waals surface area contributed by atoms with Crippen molar-refractivity contribution in [2.24, 2.45) is 0 Å². The second kappa shape index (κ2) is 6.29. The molecule has 0 saturated heterocycles. The quantitative estimate of drug-likeness (QED) is 0.422. The van der Waals surface area contributed by atoms with Crippen molar-refractivity contribution < 1.29 is 18.5 Å². The van der Waals surface area contributed by atoms with Crippen LogP contribution >= 0.6 is 11.3 Å². The summed E-state index contributed by atoms with van der Waals surface area (Å²) >= 11 is 1.21. The minimum absolute atomic E-state index is 0.213. The molecule has 4 aromatic rings. The minimum Gasteiger partial charge on any atom is -0.395 e. The number of anilines is 1. The molecule has 0 aliphatic rings. The normalized spacial score (nSPS) is 11.0. The van der Waals surface area contributed by atoms with Crippen molar-refractivity contribution in [3.8, 4) is 5.13 Å². The van der Waals surface area contributed by atoms with Gasteiger partial charge in [0.05, 0.1) is 16.5 Å². The van der Waals surface area contributed by atoms with Crippen molar-refractivity contribution in [1.29, 1.82) is 0 Å². The summed E-state index contributed by atoms with van der Waals surface area (Å²) in [6.07, 6.45) is 0. The van der Waals surface area contributed by atoms with E-state index in [2.05, 4.69) is 15.4 Å². The Morgan fingerprint density at radius 3 is 2.89 bits per heavy atom. The number of fused-ring (bicyclic) bond motifs is 1. The van der Waals surface area contributed by atoms with Crippen molar-refractivity contribution in [2.45, 2.75) is 6.92 Å². The summed E-state index contributed by atoms with van der Waals surface area (Å²) in [5.74, 6) is -1.62. The lowest BCUT2D eigenvalue weighted by molar-refractivity contribution is -0.402. The highest BCUT2D eigenvalue weighted by atomic mass is 32.1. The van der Waals surface area contributed by atoms with E-state index in [4.69, 9.17) is 4.42 Å². The summed E-state index contributed by atoms with van der Waals surface area (Å²) in [5, 5.41) is 17.9. The molecule has 0 radical (unpaired) electrons. The van der Waals surface area contributed by atoms with Crippen LogP contribution in [0.3, 0.4) is 0 Å². The fourth-order valence-corrected chi connectivity index (χ4v) is 3.40. The van der Waals surface area contributed by atoms with Gasteiger partial charge >= 0.3 is 5.88 Å². The van der Waals surface area contributed by atoms with Crippen LogP contribution < -0.4 is 5.32 Å². The Morgan fingerprint density at radius 2 is 2.19 bits per heavy atom. The number of furan rings is 1. The number of rotatable bonds is 4. The molecular formula is C16H10FN5O4S. The predicted molar refractivity (Wildman–Crippen MR) is 94.8 cm³/mol. The van der Waals surface area contributed by atoms with Crippen LogP contribution in [0.1, 0.15) is 16.2 Å². The highest BCUT2D eigenvalue weighted by molar-refractivity contribution is 7.20. The van der Waals surface area contributed by atoms with Crippen molar-refractivity contribution in [3.63, 3.8) is 0 Å². The van der Waals surface area contributed by atoms with Gasteiger partial charge in [-0.1, -0.05) is 17.4 Å². The summed E-state index contributed by atoms with van der Waals surface area (Å²) < 4.78 is 20.8. The molecule has 11 heteroatoms. The molecule has 1 aromatic carbocycles. The summed E-state index contributed by atoms with van der Waals surface area (Å²) in [6.45, 7) is 1.72. The van der Waals surface area contributed by atoms with Gasteiger partial charge in [-0.25, -0.2) is 9.37 Å². The first-order chi connectivity index (χ1) is 12.9. The first-order valence-electron chi connectivity index (χ1n) is 7.60. The van der Waals surface area contributed by atoms with E-state index >= 15 is 0 Å². The first kappa shape index (κ1) is 16.8. The van der Waals surface area contributed by atoms with Crippen molar-refractivity contribution in [1.82, 2.24) is 14.8 Å². The summed E-state index contributed by atoms with van der Waals surface area (Å²) in [6, 6.07) is 8.52. The van der Waals surface area contributed by atoms with Gasteiger partial charge < -0.3 is 9.73 Å². The monoisotopic (exact) mass is 387 g/mol. The van der Waals surface area contributed by atoms with E-state index in [1.165, 1.54) is 28.2 Å². The van der Waals surface area contributed by atoms with Gasteiger partial charge in [0.1, 0.15) is 22.1 Å². The molecule has 0 aliphatic carbocycles. The predicted octanol–water partition coefficient (Wildman–Crippen LogP) is 3.68. The zero-order chi connectivity index (χ0) is 19.1. The van der Waals surface area contributed by atoms with E-state index in [9.17, 15) is 19.3 Å². The number of hydrogen-bond acceptors (Lipinski definition) is 7. The number of amides is 1. The van der Waals surface area contributed by atoms with Crippen molar-refractivity contribution in [3.05, 3.63) is 63.8 Å². The minimum atomic E-state index is -0.735. The number of halogens is 1. The molecule has 3 heterocycles. The largest absolute Gasteiger partial charge is 0.433 e. The molecule has 1 N–H and O–H groups in total. The molecule has 0 aliphatic heterocycles. The SMILES string of the molecule is Cc1cc(NC(=O)c2ccc([N+](=O)[O-])o2)n(-c2nc3c(F)cccc3s2)n1. The van der Waals surface area contributed by atoms with Gasteiger partial charge in [-0.15, -0.1) is 0 Å². The van der Waals surface area contributed by atoms with Crippen molar-refractivity contribution in [2.75, 3.05) is 5.32 Å². The number of aryl methyl sites for hydroxylation is 1. The number of aromatic nitrogens is 3.